The van der Waals surface area contributed by atoms with Crippen LogP contribution in [-0.2, 0) is 9.53 Å². The first-order valence-electron chi connectivity index (χ1n) is 13.2. The maximum Gasteiger partial charge on any atom is 0.230 e. The van der Waals surface area contributed by atoms with E-state index in [0.717, 1.165) is 82.5 Å². The zero-order valence-electron chi connectivity index (χ0n) is 21.4. The van der Waals surface area contributed by atoms with Gasteiger partial charge in [0.05, 0.1) is 19.8 Å². The van der Waals surface area contributed by atoms with E-state index in [4.69, 9.17) is 9.47 Å². The van der Waals surface area contributed by atoms with Crippen LogP contribution in [0.4, 0.5) is 10.1 Å². The van der Waals surface area contributed by atoms with Crippen molar-refractivity contribution in [3.8, 4) is 16.9 Å². The van der Waals surface area contributed by atoms with Crippen molar-refractivity contribution in [2.45, 2.75) is 46.0 Å². The van der Waals surface area contributed by atoms with Crippen LogP contribution >= 0.6 is 0 Å². The van der Waals surface area contributed by atoms with Gasteiger partial charge in [0, 0.05) is 43.3 Å². The van der Waals surface area contributed by atoms with Crippen LogP contribution in [0.15, 0.2) is 30.3 Å². The van der Waals surface area contributed by atoms with Crippen LogP contribution in [0.5, 0.6) is 5.75 Å². The summed E-state index contributed by atoms with van der Waals surface area (Å²) in [5, 5.41) is 0. The fourth-order valence-electron chi connectivity index (χ4n) is 5.22. The Hall–Kier alpha value is -2.77. The van der Waals surface area contributed by atoms with Crippen molar-refractivity contribution in [1.29, 1.82) is 0 Å². The van der Waals surface area contributed by atoms with E-state index in [1.165, 1.54) is 6.07 Å². The molecule has 194 valence electrons. The number of carbonyl (C=O) groups excluding carboxylic acids is 2. The van der Waals surface area contributed by atoms with Crippen LogP contribution in [0.25, 0.3) is 11.1 Å². The third-order valence-electron chi connectivity index (χ3n) is 7.37. The summed E-state index contributed by atoms with van der Waals surface area (Å²) < 4.78 is 26.0. The Balaban J connectivity index is 1.50. The Kier molecular flexibility index (Phi) is 9.10. The monoisotopic (exact) mass is 496 g/mol. The van der Waals surface area contributed by atoms with Gasteiger partial charge in [-0.05, 0) is 74.1 Å². The van der Waals surface area contributed by atoms with Crippen LogP contribution in [-0.4, -0.2) is 63.1 Å². The van der Waals surface area contributed by atoms with Gasteiger partial charge in [-0.25, -0.2) is 4.39 Å². The van der Waals surface area contributed by atoms with Gasteiger partial charge in [0.1, 0.15) is 6.29 Å². The molecule has 4 rings (SSSR count). The second-order valence-electron chi connectivity index (χ2n) is 9.69. The van der Waals surface area contributed by atoms with Gasteiger partial charge in [0.15, 0.2) is 11.6 Å². The number of aldehydes is 1. The Bertz CT molecular complexity index is 1060. The molecule has 0 aromatic heterocycles. The number of ether oxygens (including phenoxy) is 2. The van der Waals surface area contributed by atoms with Gasteiger partial charge in [-0.1, -0.05) is 18.9 Å². The number of amides is 1. The molecule has 1 heterocycles. The Labute approximate surface area is 213 Å². The first-order chi connectivity index (χ1) is 17.5. The third kappa shape index (κ3) is 6.13. The molecule has 1 saturated carbocycles. The molecule has 1 aliphatic heterocycles. The number of halogens is 1. The first-order valence-corrected chi connectivity index (χ1v) is 13.2. The number of hydrogen-bond donors (Lipinski definition) is 0. The zero-order chi connectivity index (χ0) is 25.5. The van der Waals surface area contributed by atoms with Crippen molar-refractivity contribution in [3.63, 3.8) is 0 Å². The maximum absolute atomic E-state index is 15.0. The lowest BCUT2D eigenvalue weighted by Crippen LogP contribution is -2.37. The number of nitrogens with zero attached hydrogens (tertiary/aromatic N) is 2. The van der Waals surface area contributed by atoms with E-state index >= 15 is 0 Å². The summed E-state index contributed by atoms with van der Waals surface area (Å²) in [5.74, 6) is -0.0813. The summed E-state index contributed by atoms with van der Waals surface area (Å²) in [7, 11) is 0. The number of rotatable bonds is 10. The van der Waals surface area contributed by atoms with Crippen molar-refractivity contribution >= 4 is 17.9 Å². The fourth-order valence-corrected chi connectivity index (χ4v) is 5.22. The summed E-state index contributed by atoms with van der Waals surface area (Å²) in [6.45, 7) is 9.03. The molecule has 1 aliphatic carbocycles. The van der Waals surface area contributed by atoms with E-state index in [2.05, 4.69) is 4.90 Å². The lowest BCUT2D eigenvalue weighted by atomic mass is 9.96. The minimum absolute atomic E-state index is 0.0322. The van der Waals surface area contributed by atoms with Crippen LogP contribution in [0.1, 0.15) is 54.9 Å². The minimum atomic E-state index is -0.442. The topological polar surface area (TPSA) is 59.1 Å². The highest BCUT2D eigenvalue weighted by atomic mass is 19.1. The predicted octanol–water partition coefficient (Wildman–Crippen LogP) is 5.26. The van der Waals surface area contributed by atoms with E-state index in [1.807, 2.05) is 19.9 Å². The van der Waals surface area contributed by atoms with Crippen molar-refractivity contribution in [3.05, 3.63) is 47.3 Å². The molecule has 2 fully saturated rings. The molecular weight excluding hydrogens is 459 g/mol. The fraction of sp³-hybridized carbons (Fsp3) is 0.517. The molecule has 2 aliphatic rings. The molecule has 2 aromatic rings. The smallest absolute Gasteiger partial charge is 0.230 e. The first kappa shape index (κ1) is 26.3. The Morgan fingerprint density at radius 3 is 2.58 bits per heavy atom. The van der Waals surface area contributed by atoms with E-state index in [0.29, 0.717) is 29.8 Å². The summed E-state index contributed by atoms with van der Waals surface area (Å²) in [4.78, 5) is 29.2. The standard InChI is InChI=1S/C29H37FN2O4/c1-3-32(29(34)22-7-4-5-8-22)27-19-24(17-25(20-33)21(27)2)23-9-10-28(26(30)18-23)36-14-6-11-31-12-15-35-16-13-31/h9-10,17-20,22H,3-8,11-16H2,1-2H3. The molecule has 1 amide bonds. The largest absolute Gasteiger partial charge is 0.490 e. The number of benzene rings is 2. The molecule has 6 nitrogen and oxygen atoms in total. The number of anilines is 1. The molecule has 0 atom stereocenters. The summed E-state index contributed by atoms with van der Waals surface area (Å²) in [5.41, 5.74) is 3.33. The van der Waals surface area contributed by atoms with Crippen molar-refractivity contribution in [2.24, 2.45) is 5.92 Å². The molecular formula is C29H37FN2O4. The SMILES string of the molecule is CCN(C(=O)C1CCCC1)c1cc(-c2ccc(OCCCN3CCOCC3)c(F)c2)cc(C=O)c1C. The number of morpholine rings is 1. The predicted molar refractivity (Wildman–Crippen MR) is 139 cm³/mol. The van der Waals surface area contributed by atoms with Crippen molar-refractivity contribution in [1.82, 2.24) is 4.90 Å². The molecule has 36 heavy (non-hydrogen) atoms. The summed E-state index contributed by atoms with van der Waals surface area (Å²) >= 11 is 0. The third-order valence-corrected chi connectivity index (χ3v) is 7.37. The van der Waals surface area contributed by atoms with Crippen LogP contribution < -0.4 is 9.64 Å². The highest BCUT2D eigenvalue weighted by Gasteiger charge is 2.28. The lowest BCUT2D eigenvalue weighted by Gasteiger charge is -2.27. The van der Waals surface area contributed by atoms with Gasteiger partial charge in [0.2, 0.25) is 5.91 Å². The molecule has 0 bridgehead atoms. The molecule has 0 radical (unpaired) electrons. The van der Waals surface area contributed by atoms with Crippen molar-refractivity contribution < 1.29 is 23.5 Å². The van der Waals surface area contributed by atoms with Gasteiger partial charge >= 0.3 is 0 Å². The minimum Gasteiger partial charge on any atom is -0.490 e. The van der Waals surface area contributed by atoms with Gasteiger partial charge in [-0.2, -0.15) is 0 Å². The highest BCUT2D eigenvalue weighted by molar-refractivity contribution is 5.98. The van der Waals surface area contributed by atoms with E-state index in [1.54, 1.807) is 23.1 Å². The van der Waals surface area contributed by atoms with Gasteiger partial charge in [-0.15, -0.1) is 0 Å². The second-order valence-corrected chi connectivity index (χ2v) is 9.69. The molecule has 0 spiro atoms. The maximum atomic E-state index is 15.0. The summed E-state index contributed by atoms with van der Waals surface area (Å²) in [6, 6.07) is 8.54. The molecule has 7 heteroatoms. The molecule has 2 aromatic carbocycles. The van der Waals surface area contributed by atoms with E-state index < -0.39 is 5.82 Å². The molecule has 0 unspecified atom stereocenters. The average Bonchev–Trinajstić information content (AvgIpc) is 3.44. The van der Waals surface area contributed by atoms with E-state index in [-0.39, 0.29) is 17.6 Å². The quantitative estimate of drug-likeness (QED) is 0.332. The van der Waals surface area contributed by atoms with Crippen LogP contribution in [0.2, 0.25) is 0 Å². The average molecular weight is 497 g/mol. The van der Waals surface area contributed by atoms with Crippen LogP contribution in [0.3, 0.4) is 0 Å². The Morgan fingerprint density at radius 2 is 1.92 bits per heavy atom. The molecule has 1 saturated heterocycles. The van der Waals surface area contributed by atoms with Crippen LogP contribution in [0, 0.1) is 18.7 Å². The van der Waals surface area contributed by atoms with Gasteiger partial charge < -0.3 is 14.4 Å². The Morgan fingerprint density at radius 1 is 1.17 bits per heavy atom. The summed E-state index contributed by atoms with van der Waals surface area (Å²) in [6.07, 6.45) is 5.59. The van der Waals surface area contributed by atoms with E-state index in [9.17, 15) is 14.0 Å². The van der Waals surface area contributed by atoms with Gasteiger partial charge in [-0.3, -0.25) is 14.5 Å². The highest BCUT2D eigenvalue weighted by Crippen LogP contribution is 2.35. The normalized spacial score (nSPS) is 16.8. The number of carbonyl (C=O) groups is 2. The van der Waals surface area contributed by atoms with Crippen molar-refractivity contribution in [2.75, 3.05) is 50.9 Å². The second kappa shape index (κ2) is 12.5. The molecule has 0 N–H and O–H groups in total. The number of hydrogen-bond acceptors (Lipinski definition) is 5. The zero-order valence-corrected chi connectivity index (χ0v) is 21.4. The lowest BCUT2D eigenvalue weighted by molar-refractivity contribution is -0.122. The van der Waals surface area contributed by atoms with Gasteiger partial charge in [0.25, 0.3) is 0 Å².